The fourth-order valence-electron chi connectivity index (χ4n) is 3.89. The van der Waals surface area contributed by atoms with Crippen LogP contribution in [0.4, 0.5) is 0 Å². The lowest BCUT2D eigenvalue weighted by Crippen LogP contribution is -2.59. The topological polar surface area (TPSA) is 179 Å². The fraction of sp³-hybridized carbons (Fsp3) is 0.571. The average Bonchev–Trinajstić information content (AvgIpc) is 3.16. The van der Waals surface area contributed by atoms with Crippen molar-refractivity contribution in [2.45, 2.75) is 69.3 Å². The number of phenols is 1. The van der Waals surface area contributed by atoms with E-state index < -0.39 is 54.4 Å². The van der Waals surface area contributed by atoms with E-state index in [9.17, 15) is 35.4 Å². The summed E-state index contributed by atoms with van der Waals surface area (Å²) >= 11 is 0. The van der Waals surface area contributed by atoms with Gasteiger partial charge < -0.3 is 49.3 Å². The van der Waals surface area contributed by atoms with E-state index in [1.165, 1.54) is 6.07 Å². The van der Waals surface area contributed by atoms with E-state index in [0.717, 1.165) is 6.07 Å². The normalized spacial score (nSPS) is 30.3. The van der Waals surface area contributed by atoms with Crippen molar-refractivity contribution in [3.8, 4) is 11.5 Å². The Balaban J connectivity index is 1.58. The zero-order chi connectivity index (χ0) is 23.4. The molecule has 0 radical (unpaired) electrons. The van der Waals surface area contributed by atoms with Crippen LogP contribution in [-0.2, 0) is 22.5 Å². The predicted octanol–water partition coefficient (Wildman–Crippen LogP) is -1.11. The van der Waals surface area contributed by atoms with Gasteiger partial charge in [0, 0.05) is 24.1 Å². The van der Waals surface area contributed by atoms with Crippen LogP contribution >= 0.6 is 0 Å². The molecule has 2 aliphatic heterocycles. The van der Waals surface area contributed by atoms with E-state index in [2.05, 4.69) is 0 Å². The molecule has 11 nitrogen and oxygen atoms in total. The van der Waals surface area contributed by atoms with E-state index in [4.69, 9.17) is 18.6 Å². The second-order valence-electron chi connectivity index (χ2n) is 8.62. The van der Waals surface area contributed by atoms with Crippen molar-refractivity contribution in [2.24, 2.45) is 0 Å². The zero-order valence-corrected chi connectivity index (χ0v) is 17.5. The van der Waals surface area contributed by atoms with Gasteiger partial charge in [-0.1, -0.05) is 0 Å². The van der Waals surface area contributed by atoms with Crippen LogP contribution in [0.2, 0.25) is 0 Å². The highest BCUT2D eigenvalue weighted by Crippen LogP contribution is 2.42. The lowest BCUT2D eigenvalue weighted by Gasteiger charge is -2.39. The Morgan fingerprint density at radius 1 is 1.16 bits per heavy atom. The van der Waals surface area contributed by atoms with Crippen LogP contribution in [0.5, 0.6) is 11.5 Å². The van der Waals surface area contributed by atoms with Crippen LogP contribution in [0.25, 0.3) is 11.0 Å². The SMILES string of the molecule is CC(C)(O)C1Cc2c(cc3oc(COC4OC(CO)C(O)C(O)C4O)cc(=O)c3c2O)O1. The predicted molar refractivity (Wildman–Crippen MR) is 107 cm³/mol. The van der Waals surface area contributed by atoms with Crippen molar-refractivity contribution in [3.63, 3.8) is 0 Å². The molecule has 6 N–H and O–H groups in total. The van der Waals surface area contributed by atoms with E-state index in [-0.39, 0.29) is 41.3 Å². The van der Waals surface area contributed by atoms with Gasteiger partial charge in [-0.25, -0.2) is 0 Å². The zero-order valence-electron chi connectivity index (χ0n) is 17.5. The molecular formula is C21H26O11. The van der Waals surface area contributed by atoms with Gasteiger partial charge in [-0.05, 0) is 13.8 Å². The van der Waals surface area contributed by atoms with E-state index >= 15 is 0 Å². The quantitative estimate of drug-likeness (QED) is 0.322. The molecule has 0 amide bonds. The number of hydrogen-bond donors (Lipinski definition) is 6. The van der Waals surface area contributed by atoms with Gasteiger partial charge in [-0.3, -0.25) is 4.79 Å². The highest BCUT2D eigenvalue weighted by atomic mass is 16.7. The molecule has 32 heavy (non-hydrogen) atoms. The minimum Gasteiger partial charge on any atom is -0.507 e. The van der Waals surface area contributed by atoms with Crippen molar-refractivity contribution in [1.29, 1.82) is 0 Å². The number of fused-ring (bicyclic) bond motifs is 2. The molecule has 2 aromatic rings. The molecule has 1 aromatic heterocycles. The van der Waals surface area contributed by atoms with Gasteiger partial charge in [0.25, 0.3) is 0 Å². The number of rotatable bonds is 5. The Morgan fingerprint density at radius 3 is 2.53 bits per heavy atom. The number of aromatic hydroxyl groups is 1. The van der Waals surface area contributed by atoms with Gasteiger partial charge in [0.05, 0.1) is 12.2 Å². The molecule has 0 aliphatic carbocycles. The molecule has 2 aliphatic rings. The molecule has 0 spiro atoms. The fourth-order valence-corrected chi connectivity index (χ4v) is 3.89. The lowest BCUT2D eigenvalue weighted by molar-refractivity contribution is -0.304. The highest BCUT2D eigenvalue weighted by Gasteiger charge is 2.44. The Labute approximate surface area is 182 Å². The van der Waals surface area contributed by atoms with Gasteiger partial charge in [0.2, 0.25) is 0 Å². The standard InChI is InChI=1S/C21H26O11/c1-21(2,28)14-4-9-11(31-14)5-12-15(16(9)24)10(23)3-8(30-12)7-29-20-19(27)18(26)17(25)13(6-22)32-20/h3,5,13-14,17-20,22,24-28H,4,6-7H2,1-2H3. The van der Waals surface area contributed by atoms with Crippen molar-refractivity contribution in [2.75, 3.05) is 6.61 Å². The maximum Gasteiger partial charge on any atom is 0.196 e. The first-order valence-corrected chi connectivity index (χ1v) is 10.1. The Hall–Kier alpha value is -2.25. The summed E-state index contributed by atoms with van der Waals surface area (Å²) in [4.78, 5) is 12.7. The van der Waals surface area contributed by atoms with Gasteiger partial charge in [0.1, 0.15) is 65.4 Å². The number of hydrogen-bond acceptors (Lipinski definition) is 11. The van der Waals surface area contributed by atoms with Crippen molar-refractivity contribution in [3.05, 3.63) is 33.7 Å². The molecule has 1 saturated heterocycles. The molecule has 6 unspecified atom stereocenters. The molecule has 0 bridgehead atoms. The number of aliphatic hydroxyl groups is 5. The van der Waals surface area contributed by atoms with Crippen molar-refractivity contribution >= 4 is 11.0 Å². The summed E-state index contributed by atoms with van der Waals surface area (Å²) in [5, 5.41) is 59.8. The summed E-state index contributed by atoms with van der Waals surface area (Å²) < 4.78 is 22.1. The molecular weight excluding hydrogens is 428 g/mol. The van der Waals surface area contributed by atoms with Crippen LogP contribution in [0.3, 0.4) is 0 Å². The third kappa shape index (κ3) is 3.97. The van der Waals surface area contributed by atoms with E-state index in [1.54, 1.807) is 13.8 Å². The van der Waals surface area contributed by atoms with Gasteiger partial charge in [-0.2, -0.15) is 0 Å². The van der Waals surface area contributed by atoms with Gasteiger partial charge >= 0.3 is 0 Å². The summed E-state index contributed by atoms with van der Waals surface area (Å²) in [5.41, 5.74) is -1.26. The van der Waals surface area contributed by atoms with Gasteiger partial charge in [0.15, 0.2) is 11.7 Å². The van der Waals surface area contributed by atoms with E-state index in [0.29, 0.717) is 5.56 Å². The molecule has 3 heterocycles. The molecule has 1 fully saturated rings. The summed E-state index contributed by atoms with van der Waals surface area (Å²) in [5.74, 6) is 0.0486. The monoisotopic (exact) mass is 454 g/mol. The summed E-state index contributed by atoms with van der Waals surface area (Å²) in [6.07, 6.45) is -7.63. The Kier molecular flexibility index (Phi) is 5.92. The first-order chi connectivity index (χ1) is 15.0. The molecule has 11 heteroatoms. The number of aliphatic hydroxyl groups excluding tert-OH is 4. The lowest BCUT2D eigenvalue weighted by atomic mass is 9.96. The van der Waals surface area contributed by atoms with Crippen LogP contribution in [0, 0.1) is 0 Å². The Morgan fingerprint density at radius 2 is 1.88 bits per heavy atom. The van der Waals surface area contributed by atoms with Crippen LogP contribution in [0.1, 0.15) is 25.2 Å². The Bertz CT molecular complexity index is 1050. The molecule has 6 atom stereocenters. The van der Waals surface area contributed by atoms with E-state index in [1.807, 2.05) is 0 Å². The van der Waals surface area contributed by atoms with Crippen molar-refractivity contribution in [1.82, 2.24) is 0 Å². The molecule has 1 aromatic carbocycles. The average molecular weight is 454 g/mol. The summed E-state index contributed by atoms with van der Waals surface area (Å²) in [6, 6.07) is 2.57. The largest absolute Gasteiger partial charge is 0.507 e. The second kappa shape index (κ2) is 8.27. The maximum atomic E-state index is 12.7. The number of phenolic OH excluding ortho intramolecular Hbond substituents is 1. The maximum absolute atomic E-state index is 12.7. The molecule has 176 valence electrons. The summed E-state index contributed by atoms with van der Waals surface area (Å²) in [6.45, 7) is 2.21. The van der Waals surface area contributed by atoms with Crippen LogP contribution in [0.15, 0.2) is 21.3 Å². The highest BCUT2D eigenvalue weighted by molar-refractivity contribution is 5.87. The first kappa shape index (κ1) is 22.9. The molecule has 0 saturated carbocycles. The number of ether oxygens (including phenoxy) is 3. The first-order valence-electron chi connectivity index (χ1n) is 10.1. The van der Waals surface area contributed by atoms with Gasteiger partial charge in [-0.15, -0.1) is 0 Å². The van der Waals surface area contributed by atoms with Crippen LogP contribution < -0.4 is 10.2 Å². The summed E-state index contributed by atoms with van der Waals surface area (Å²) in [7, 11) is 0. The van der Waals surface area contributed by atoms with Crippen molar-refractivity contribution < 1.29 is 49.3 Å². The minimum atomic E-state index is -1.60. The van der Waals surface area contributed by atoms with Crippen LogP contribution in [-0.4, -0.2) is 79.7 Å². The smallest absolute Gasteiger partial charge is 0.196 e. The second-order valence-corrected chi connectivity index (χ2v) is 8.62. The third-order valence-corrected chi connectivity index (χ3v) is 5.79. The molecule has 4 rings (SSSR count). The minimum absolute atomic E-state index is 0.0378. The third-order valence-electron chi connectivity index (χ3n) is 5.79. The number of benzene rings is 1.